The van der Waals surface area contributed by atoms with E-state index in [1.807, 2.05) is 32.6 Å². The summed E-state index contributed by atoms with van der Waals surface area (Å²) >= 11 is 6.45. The fourth-order valence-corrected chi connectivity index (χ4v) is 2.90. The van der Waals surface area contributed by atoms with Crippen molar-refractivity contribution in [2.75, 3.05) is 7.05 Å². The van der Waals surface area contributed by atoms with Crippen molar-refractivity contribution < 1.29 is 0 Å². The largest absolute Gasteiger partial charge is 0.313 e. The zero-order valence-electron chi connectivity index (χ0n) is 13.2. The number of aryl methyl sites for hydroxylation is 4. The molecule has 0 saturated heterocycles. The minimum Gasteiger partial charge on any atom is -0.313 e. The van der Waals surface area contributed by atoms with Crippen LogP contribution in [0.5, 0.6) is 0 Å². The molecule has 1 unspecified atom stereocenters. The first-order valence-corrected chi connectivity index (χ1v) is 7.54. The molecule has 114 valence electrons. The molecule has 0 aliphatic rings. The van der Waals surface area contributed by atoms with Crippen LogP contribution in [0.3, 0.4) is 0 Å². The Hall–Kier alpha value is -1.46. The molecule has 1 atom stereocenters. The molecule has 0 fully saturated rings. The molecule has 5 nitrogen and oxygen atoms in total. The van der Waals surface area contributed by atoms with Crippen molar-refractivity contribution in [1.82, 2.24) is 25.3 Å². The Morgan fingerprint density at radius 2 is 2.05 bits per heavy atom. The summed E-state index contributed by atoms with van der Waals surface area (Å²) in [7, 11) is 3.89. The fraction of sp³-hybridized carbons (Fsp3) is 0.533. The van der Waals surface area contributed by atoms with Crippen LogP contribution >= 0.6 is 11.6 Å². The maximum absolute atomic E-state index is 6.45. The third kappa shape index (κ3) is 3.24. The highest BCUT2D eigenvalue weighted by Crippen LogP contribution is 2.27. The van der Waals surface area contributed by atoms with Crippen molar-refractivity contribution in [3.63, 3.8) is 0 Å². The van der Waals surface area contributed by atoms with Crippen LogP contribution in [0.4, 0.5) is 0 Å². The van der Waals surface area contributed by atoms with E-state index in [9.17, 15) is 0 Å². The van der Waals surface area contributed by atoms with Gasteiger partial charge in [-0.3, -0.25) is 4.68 Å². The average Bonchev–Trinajstić information content (AvgIpc) is 2.74. The lowest BCUT2D eigenvalue weighted by Gasteiger charge is -2.18. The zero-order valence-corrected chi connectivity index (χ0v) is 14.0. The average molecular weight is 308 g/mol. The van der Waals surface area contributed by atoms with Gasteiger partial charge >= 0.3 is 0 Å². The van der Waals surface area contributed by atoms with Crippen molar-refractivity contribution in [1.29, 1.82) is 0 Å². The topological polar surface area (TPSA) is 55.6 Å². The smallest absolute Gasteiger partial charge is 0.0850 e. The van der Waals surface area contributed by atoms with E-state index in [4.69, 9.17) is 11.6 Å². The van der Waals surface area contributed by atoms with E-state index >= 15 is 0 Å². The molecule has 0 saturated carbocycles. The lowest BCUT2D eigenvalue weighted by atomic mass is 10.0. The highest BCUT2D eigenvalue weighted by atomic mass is 35.5. The first-order valence-electron chi connectivity index (χ1n) is 7.16. The van der Waals surface area contributed by atoms with Crippen molar-refractivity contribution >= 4 is 11.6 Å². The number of aromatic nitrogens is 4. The number of likely N-dealkylation sites (N-methyl/N-ethyl adjacent to an activating group) is 1. The highest BCUT2D eigenvalue weighted by Gasteiger charge is 2.20. The molecule has 2 aromatic rings. The van der Waals surface area contributed by atoms with Gasteiger partial charge in [-0.2, -0.15) is 15.3 Å². The lowest BCUT2D eigenvalue weighted by molar-refractivity contribution is 0.554. The van der Waals surface area contributed by atoms with Crippen LogP contribution in [0.2, 0.25) is 5.02 Å². The van der Waals surface area contributed by atoms with E-state index in [1.54, 1.807) is 0 Å². The van der Waals surface area contributed by atoms with Crippen LogP contribution < -0.4 is 5.32 Å². The predicted molar refractivity (Wildman–Crippen MR) is 84.6 cm³/mol. The second-order valence-electron chi connectivity index (χ2n) is 5.26. The van der Waals surface area contributed by atoms with Crippen LogP contribution in [-0.4, -0.2) is 27.0 Å². The summed E-state index contributed by atoms with van der Waals surface area (Å²) in [5.41, 5.74) is 5.00. The Balaban J connectivity index is 2.36. The molecule has 2 aromatic heterocycles. The third-order valence-electron chi connectivity index (χ3n) is 3.76. The Kier molecular flexibility index (Phi) is 4.96. The van der Waals surface area contributed by atoms with Gasteiger partial charge in [0.25, 0.3) is 0 Å². The van der Waals surface area contributed by atoms with Crippen molar-refractivity contribution in [3.05, 3.63) is 39.4 Å². The van der Waals surface area contributed by atoms with Gasteiger partial charge in [0.2, 0.25) is 0 Å². The first kappa shape index (κ1) is 15.9. The molecule has 0 radical (unpaired) electrons. The van der Waals surface area contributed by atoms with Crippen LogP contribution in [0.25, 0.3) is 0 Å². The molecule has 0 aromatic carbocycles. The molecule has 21 heavy (non-hydrogen) atoms. The lowest BCUT2D eigenvalue weighted by Crippen LogP contribution is -2.22. The molecule has 2 rings (SSSR count). The van der Waals surface area contributed by atoms with E-state index in [0.717, 1.165) is 46.2 Å². The van der Waals surface area contributed by atoms with Gasteiger partial charge in [-0.1, -0.05) is 18.5 Å². The minimum atomic E-state index is 0.136. The molecule has 1 N–H and O–H groups in total. The molecular formula is C15H22ClN5. The van der Waals surface area contributed by atoms with E-state index in [1.165, 1.54) is 0 Å². The van der Waals surface area contributed by atoms with Crippen LogP contribution in [0.15, 0.2) is 6.07 Å². The van der Waals surface area contributed by atoms with Gasteiger partial charge in [-0.05, 0) is 38.9 Å². The summed E-state index contributed by atoms with van der Waals surface area (Å²) in [4.78, 5) is 0. The van der Waals surface area contributed by atoms with Gasteiger partial charge in [0, 0.05) is 19.5 Å². The normalized spacial score (nSPS) is 12.7. The van der Waals surface area contributed by atoms with Gasteiger partial charge in [-0.15, -0.1) is 0 Å². The summed E-state index contributed by atoms with van der Waals surface area (Å²) in [6.45, 7) is 6.00. The van der Waals surface area contributed by atoms with Crippen molar-refractivity contribution in [3.8, 4) is 0 Å². The van der Waals surface area contributed by atoms with Crippen LogP contribution in [0.1, 0.15) is 41.3 Å². The molecule has 0 amide bonds. The van der Waals surface area contributed by atoms with Crippen molar-refractivity contribution in [2.24, 2.45) is 7.05 Å². The quantitative estimate of drug-likeness (QED) is 0.922. The van der Waals surface area contributed by atoms with E-state index < -0.39 is 0 Å². The van der Waals surface area contributed by atoms with Gasteiger partial charge in [0.1, 0.15) is 0 Å². The van der Waals surface area contributed by atoms with Gasteiger partial charge in [-0.25, -0.2) is 0 Å². The number of halogens is 1. The number of hydrogen-bond acceptors (Lipinski definition) is 4. The van der Waals surface area contributed by atoms with E-state index in [0.29, 0.717) is 0 Å². The molecule has 6 heteroatoms. The summed E-state index contributed by atoms with van der Waals surface area (Å²) < 4.78 is 1.88. The summed E-state index contributed by atoms with van der Waals surface area (Å²) in [6.07, 6.45) is 1.61. The molecule has 0 spiro atoms. The number of rotatable bonds is 5. The molecular weight excluding hydrogens is 286 g/mol. The van der Waals surface area contributed by atoms with E-state index in [-0.39, 0.29) is 6.04 Å². The Labute approximate surface area is 130 Å². The summed E-state index contributed by atoms with van der Waals surface area (Å²) in [5.74, 6) is 0. The monoisotopic (exact) mass is 307 g/mol. The molecule has 0 aliphatic carbocycles. The predicted octanol–water partition coefficient (Wildman–Crippen LogP) is 2.55. The van der Waals surface area contributed by atoms with Gasteiger partial charge < -0.3 is 5.32 Å². The standard InChI is InChI=1S/C15H22ClN5/c1-6-12-15(16)14(21(5)20-12)8-13(17-4)11-7-9(2)18-19-10(11)3/h7,13,17H,6,8H2,1-5H3. The SMILES string of the molecule is CCc1nn(C)c(CC(NC)c2cc(C)nnc2C)c1Cl. The third-order valence-corrected chi connectivity index (χ3v) is 4.20. The number of nitrogens with zero attached hydrogens (tertiary/aromatic N) is 4. The van der Waals surface area contributed by atoms with Gasteiger partial charge in [0.15, 0.2) is 0 Å². The number of nitrogens with one attached hydrogen (secondary N) is 1. The first-order chi connectivity index (χ1) is 9.97. The minimum absolute atomic E-state index is 0.136. The second kappa shape index (κ2) is 6.54. The second-order valence-corrected chi connectivity index (χ2v) is 5.63. The van der Waals surface area contributed by atoms with Crippen LogP contribution in [-0.2, 0) is 19.9 Å². The van der Waals surface area contributed by atoms with Crippen LogP contribution in [0, 0.1) is 13.8 Å². The summed E-state index contributed by atoms with van der Waals surface area (Å²) in [6, 6.07) is 2.21. The summed E-state index contributed by atoms with van der Waals surface area (Å²) in [5, 5.41) is 16.9. The zero-order chi connectivity index (χ0) is 15.6. The Morgan fingerprint density at radius 1 is 1.33 bits per heavy atom. The van der Waals surface area contributed by atoms with Gasteiger partial charge in [0.05, 0.1) is 27.8 Å². The molecule has 0 bridgehead atoms. The molecule has 0 aliphatic heterocycles. The van der Waals surface area contributed by atoms with E-state index in [2.05, 4.69) is 33.6 Å². The van der Waals surface area contributed by atoms with Crippen molar-refractivity contribution in [2.45, 2.75) is 39.7 Å². The Bertz CT molecular complexity index is 635. The maximum Gasteiger partial charge on any atom is 0.0850 e. The Morgan fingerprint density at radius 3 is 2.62 bits per heavy atom. The highest BCUT2D eigenvalue weighted by molar-refractivity contribution is 6.31. The maximum atomic E-state index is 6.45. The molecule has 2 heterocycles. The number of hydrogen-bond donors (Lipinski definition) is 1. The fourth-order valence-electron chi connectivity index (χ4n) is 2.53.